The predicted molar refractivity (Wildman–Crippen MR) is 83.1 cm³/mol. The van der Waals surface area contributed by atoms with Crippen molar-refractivity contribution in [3.63, 3.8) is 0 Å². The number of thiophene rings is 1. The molecule has 0 spiro atoms. The molecule has 4 heteroatoms. The lowest BCUT2D eigenvalue weighted by molar-refractivity contribution is 0.102. The number of anilines is 1. The highest BCUT2D eigenvalue weighted by Crippen LogP contribution is 2.30. The Kier molecular flexibility index (Phi) is 3.71. The normalized spacial score (nSPS) is 13.9. The summed E-state index contributed by atoms with van der Waals surface area (Å²) in [7, 11) is 0. The van der Waals surface area contributed by atoms with Crippen LogP contribution in [0.1, 0.15) is 33.6 Å². The molecule has 3 rings (SSSR count). The van der Waals surface area contributed by atoms with Crippen molar-refractivity contribution in [1.82, 2.24) is 0 Å². The lowest BCUT2D eigenvalue weighted by Crippen LogP contribution is -2.14. The van der Waals surface area contributed by atoms with Gasteiger partial charge < -0.3 is 5.32 Å². The number of fused-ring (bicyclic) bond motifs is 1. The first-order valence-corrected chi connectivity index (χ1v) is 8.07. The van der Waals surface area contributed by atoms with Gasteiger partial charge in [-0.2, -0.15) is 0 Å². The Bertz CT molecular complexity index is 620. The van der Waals surface area contributed by atoms with Gasteiger partial charge in [0, 0.05) is 20.4 Å². The zero-order valence-corrected chi connectivity index (χ0v) is 12.8. The van der Waals surface area contributed by atoms with E-state index in [1.165, 1.54) is 23.3 Å². The summed E-state index contributed by atoms with van der Waals surface area (Å²) in [4.78, 5) is 13.7. The third-order valence-electron chi connectivity index (χ3n) is 3.39. The number of halogens is 1. The molecule has 0 radical (unpaired) electrons. The topological polar surface area (TPSA) is 29.1 Å². The van der Waals surface area contributed by atoms with Crippen molar-refractivity contribution in [2.24, 2.45) is 0 Å². The lowest BCUT2D eigenvalue weighted by atomic mass is 9.95. The van der Waals surface area contributed by atoms with Crippen LogP contribution < -0.4 is 5.32 Å². The maximum atomic E-state index is 12.3. The molecule has 0 aliphatic heterocycles. The SMILES string of the molecule is O=C(Nc1cccc(Br)c1)c1csc2c1CCCC2. The number of hydrogen-bond donors (Lipinski definition) is 1. The Morgan fingerprint density at radius 3 is 2.95 bits per heavy atom. The lowest BCUT2D eigenvalue weighted by Gasteiger charge is -2.12. The Morgan fingerprint density at radius 2 is 2.11 bits per heavy atom. The molecule has 2 nitrogen and oxygen atoms in total. The van der Waals surface area contributed by atoms with Gasteiger partial charge in [-0.05, 0) is 49.4 Å². The van der Waals surface area contributed by atoms with Crippen molar-refractivity contribution in [3.8, 4) is 0 Å². The molecule has 1 aliphatic rings. The van der Waals surface area contributed by atoms with Gasteiger partial charge in [0.2, 0.25) is 0 Å². The van der Waals surface area contributed by atoms with Crippen LogP contribution in [0.25, 0.3) is 0 Å². The van der Waals surface area contributed by atoms with Crippen LogP contribution in [0, 0.1) is 0 Å². The van der Waals surface area contributed by atoms with Crippen LogP contribution in [-0.4, -0.2) is 5.91 Å². The summed E-state index contributed by atoms with van der Waals surface area (Å²) in [5.41, 5.74) is 2.96. The molecule has 1 aliphatic carbocycles. The quantitative estimate of drug-likeness (QED) is 0.850. The van der Waals surface area contributed by atoms with E-state index >= 15 is 0 Å². The van der Waals surface area contributed by atoms with E-state index in [4.69, 9.17) is 0 Å². The molecule has 2 aromatic rings. The number of carbonyl (C=O) groups excluding carboxylic acids is 1. The zero-order valence-electron chi connectivity index (χ0n) is 10.4. The first-order chi connectivity index (χ1) is 9.24. The van der Waals surface area contributed by atoms with E-state index in [0.29, 0.717) is 0 Å². The fourth-order valence-corrected chi connectivity index (χ4v) is 3.97. The number of hydrogen-bond acceptors (Lipinski definition) is 2. The van der Waals surface area contributed by atoms with E-state index in [-0.39, 0.29) is 5.91 Å². The minimum atomic E-state index is 0.0116. The molecule has 1 amide bonds. The minimum absolute atomic E-state index is 0.0116. The molecule has 98 valence electrons. The standard InChI is InChI=1S/C15H14BrNOS/c16-10-4-3-5-11(8-10)17-15(18)13-9-19-14-7-2-1-6-12(13)14/h3-5,8-9H,1-2,6-7H2,(H,17,18). The van der Waals surface area contributed by atoms with Gasteiger partial charge in [-0.25, -0.2) is 0 Å². The zero-order chi connectivity index (χ0) is 13.2. The molecular formula is C15H14BrNOS. The molecule has 1 N–H and O–H groups in total. The smallest absolute Gasteiger partial charge is 0.256 e. The summed E-state index contributed by atoms with van der Waals surface area (Å²) in [5.74, 6) is 0.0116. The van der Waals surface area contributed by atoms with Crippen LogP contribution in [-0.2, 0) is 12.8 Å². The first-order valence-electron chi connectivity index (χ1n) is 6.40. The van der Waals surface area contributed by atoms with Crippen molar-refractivity contribution in [1.29, 1.82) is 0 Å². The fraction of sp³-hybridized carbons (Fsp3) is 0.267. The molecule has 0 saturated carbocycles. The fourth-order valence-electron chi connectivity index (χ4n) is 2.45. The number of carbonyl (C=O) groups is 1. The molecule has 19 heavy (non-hydrogen) atoms. The van der Waals surface area contributed by atoms with E-state index in [1.54, 1.807) is 11.3 Å². The Balaban J connectivity index is 1.83. The number of benzene rings is 1. The van der Waals surface area contributed by atoms with E-state index in [1.807, 2.05) is 29.6 Å². The maximum Gasteiger partial charge on any atom is 0.256 e. The van der Waals surface area contributed by atoms with Crippen LogP contribution in [0.4, 0.5) is 5.69 Å². The molecule has 0 saturated heterocycles. The van der Waals surface area contributed by atoms with Gasteiger partial charge in [0.25, 0.3) is 5.91 Å². The second kappa shape index (κ2) is 5.47. The molecule has 0 fully saturated rings. The summed E-state index contributed by atoms with van der Waals surface area (Å²) < 4.78 is 0.970. The summed E-state index contributed by atoms with van der Waals surface area (Å²) >= 11 is 5.14. The summed E-state index contributed by atoms with van der Waals surface area (Å²) in [6.07, 6.45) is 4.62. The van der Waals surface area contributed by atoms with E-state index in [2.05, 4.69) is 21.2 Å². The Hall–Kier alpha value is -1.13. The molecule has 1 heterocycles. The van der Waals surface area contributed by atoms with Crippen molar-refractivity contribution in [2.75, 3.05) is 5.32 Å². The number of nitrogens with one attached hydrogen (secondary N) is 1. The molecule has 0 unspecified atom stereocenters. The van der Waals surface area contributed by atoms with Crippen LogP contribution >= 0.6 is 27.3 Å². The average molecular weight is 336 g/mol. The van der Waals surface area contributed by atoms with E-state index < -0.39 is 0 Å². The molecule has 0 atom stereocenters. The van der Waals surface area contributed by atoms with Gasteiger partial charge in [0.1, 0.15) is 0 Å². The van der Waals surface area contributed by atoms with Crippen molar-refractivity contribution >= 4 is 38.9 Å². The Labute approximate surface area is 125 Å². The van der Waals surface area contributed by atoms with Gasteiger partial charge in [-0.1, -0.05) is 22.0 Å². The predicted octanol–water partition coefficient (Wildman–Crippen LogP) is 4.64. The molecule has 1 aromatic carbocycles. The third kappa shape index (κ3) is 2.74. The second-order valence-electron chi connectivity index (χ2n) is 4.72. The van der Waals surface area contributed by atoms with Gasteiger partial charge in [0.05, 0.1) is 5.56 Å². The highest BCUT2D eigenvalue weighted by molar-refractivity contribution is 9.10. The third-order valence-corrected chi connectivity index (χ3v) is 4.97. The highest BCUT2D eigenvalue weighted by atomic mass is 79.9. The van der Waals surface area contributed by atoms with E-state index in [0.717, 1.165) is 28.6 Å². The van der Waals surface area contributed by atoms with Crippen molar-refractivity contribution in [3.05, 3.63) is 50.1 Å². The number of rotatable bonds is 2. The van der Waals surface area contributed by atoms with Crippen LogP contribution in [0.5, 0.6) is 0 Å². The van der Waals surface area contributed by atoms with Gasteiger partial charge in [-0.15, -0.1) is 11.3 Å². The molecular weight excluding hydrogens is 322 g/mol. The molecule has 1 aromatic heterocycles. The van der Waals surface area contributed by atoms with Crippen LogP contribution in [0.15, 0.2) is 34.1 Å². The number of amides is 1. The minimum Gasteiger partial charge on any atom is -0.322 e. The van der Waals surface area contributed by atoms with Gasteiger partial charge in [0.15, 0.2) is 0 Å². The van der Waals surface area contributed by atoms with Crippen molar-refractivity contribution in [2.45, 2.75) is 25.7 Å². The van der Waals surface area contributed by atoms with Crippen LogP contribution in [0.3, 0.4) is 0 Å². The van der Waals surface area contributed by atoms with Crippen molar-refractivity contribution < 1.29 is 4.79 Å². The highest BCUT2D eigenvalue weighted by Gasteiger charge is 2.20. The monoisotopic (exact) mass is 335 g/mol. The first kappa shape index (κ1) is 12.9. The summed E-state index contributed by atoms with van der Waals surface area (Å²) in [6.45, 7) is 0. The maximum absolute atomic E-state index is 12.3. The summed E-state index contributed by atoms with van der Waals surface area (Å²) in [5, 5.41) is 4.98. The van der Waals surface area contributed by atoms with E-state index in [9.17, 15) is 4.79 Å². The molecule has 0 bridgehead atoms. The summed E-state index contributed by atoms with van der Waals surface area (Å²) in [6, 6.07) is 7.68. The largest absolute Gasteiger partial charge is 0.322 e. The Morgan fingerprint density at radius 1 is 1.26 bits per heavy atom. The van der Waals surface area contributed by atoms with Crippen LogP contribution in [0.2, 0.25) is 0 Å². The second-order valence-corrected chi connectivity index (χ2v) is 6.60. The average Bonchev–Trinajstić information content (AvgIpc) is 2.82. The van der Waals surface area contributed by atoms with Gasteiger partial charge in [-0.3, -0.25) is 4.79 Å². The number of aryl methyl sites for hydroxylation is 1. The van der Waals surface area contributed by atoms with Gasteiger partial charge >= 0.3 is 0 Å².